The number of halogens is 4. The summed E-state index contributed by atoms with van der Waals surface area (Å²) in [4.78, 5) is 0. The lowest BCUT2D eigenvalue weighted by atomic mass is 10.2. The summed E-state index contributed by atoms with van der Waals surface area (Å²) in [6.07, 6.45) is 0. The Morgan fingerprint density at radius 2 is 1.68 bits per heavy atom. The molecule has 112 valence electrons. The van der Waals surface area contributed by atoms with E-state index in [2.05, 4.69) is 21.0 Å². The van der Waals surface area contributed by atoms with Crippen LogP contribution in [0.5, 0.6) is 0 Å². The predicted molar refractivity (Wildman–Crippen MR) is 96.1 cm³/mol. The van der Waals surface area contributed by atoms with Gasteiger partial charge in [-0.15, -0.1) is 0 Å². The van der Waals surface area contributed by atoms with E-state index in [9.17, 15) is 0 Å². The van der Waals surface area contributed by atoms with Crippen LogP contribution < -0.4 is 5.73 Å². The van der Waals surface area contributed by atoms with Crippen LogP contribution in [-0.2, 0) is 0 Å². The third kappa shape index (κ3) is 2.97. The number of nitrogens with zero attached hydrogens (tertiary/aromatic N) is 2. The smallest absolute Gasteiger partial charge is 0.127 e. The van der Waals surface area contributed by atoms with Crippen molar-refractivity contribution >= 4 is 56.6 Å². The van der Waals surface area contributed by atoms with Gasteiger partial charge in [0.15, 0.2) is 0 Å². The van der Waals surface area contributed by atoms with E-state index < -0.39 is 0 Å². The van der Waals surface area contributed by atoms with E-state index in [0.29, 0.717) is 26.6 Å². The molecule has 1 aromatic heterocycles. The molecule has 0 amide bonds. The topological polar surface area (TPSA) is 43.8 Å². The quantitative estimate of drug-likeness (QED) is 0.569. The minimum absolute atomic E-state index is 0.382. The van der Waals surface area contributed by atoms with Crippen molar-refractivity contribution in [2.24, 2.45) is 0 Å². The van der Waals surface area contributed by atoms with Crippen LogP contribution >= 0.6 is 50.7 Å². The number of nitrogens with two attached hydrogens (primary N) is 1. The van der Waals surface area contributed by atoms with Gasteiger partial charge in [-0.3, -0.25) is 0 Å². The van der Waals surface area contributed by atoms with Crippen LogP contribution in [0.2, 0.25) is 15.1 Å². The molecule has 22 heavy (non-hydrogen) atoms. The molecule has 1 heterocycles. The molecule has 0 saturated carbocycles. The first-order valence-electron chi connectivity index (χ1n) is 6.22. The highest BCUT2D eigenvalue weighted by Gasteiger charge is 2.15. The third-order valence-electron chi connectivity index (χ3n) is 3.05. The molecule has 0 unspecified atom stereocenters. The Morgan fingerprint density at radius 1 is 1.00 bits per heavy atom. The van der Waals surface area contributed by atoms with Gasteiger partial charge in [-0.05, 0) is 24.3 Å². The van der Waals surface area contributed by atoms with Crippen molar-refractivity contribution in [3.05, 3.63) is 62.0 Å². The van der Waals surface area contributed by atoms with Crippen LogP contribution in [0.15, 0.2) is 46.9 Å². The molecule has 0 aliphatic carbocycles. The molecule has 3 nitrogen and oxygen atoms in total. The summed E-state index contributed by atoms with van der Waals surface area (Å²) in [6, 6.07) is 12.7. The van der Waals surface area contributed by atoms with Gasteiger partial charge in [-0.2, -0.15) is 5.10 Å². The number of hydrogen-bond donors (Lipinski definition) is 1. The SMILES string of the molecule is Nc1cc(-c2cccc(Br)c2)nn1-c1c(Cl)cc(Cl)cc1Cl. The van der Waals surface area contributed by atoms with Gasteiger partial charge < -0.3 is 5.73 Å². The zero-order chi connectivity index (χ0) is 15.9. The van der Waals surface area contributed by atoms with Crippen LogP contribution in [0.4, 0.5) is 5.82 Å². The largest absolute Gasteiger partial charge is 0.384 e. The molecule has 0 saturated heterocycles. The maximum atomic E-state index is 6.23. The maximum absolute atomic E-state index is 6.23. The van der Waals surface area contributed by atoms with E-state index in [0.717, 1.165) is 15.7 Å². The standard InChI is InChI=1S/C15H9BrCl3N3/c16-9-3-1-2-8(4-9)13-7-14(20)22(21-13)15-11(18)5-10(17)6-12(15)19/h1-7H,20H2. The first kappa shape index (κ1) is 15.7. The number of nitrogen functional groups attached to an aromatic ring is 1. The van der Waals surface area contributed by atoms with Gasteiger partial charge in [-0.1, -0.05) is 62.9 Å². The Morgan fingerprint density at radius 3 is 2.32 bits per heavy atom. The van der Waals surface area contributed by atoms with Gasteiger partial charge >= 0.3 is 0 Å². The molecule has 2 aromatic carbocycles. The second-order valence-corrected chi connectivity index (χ2v) is 6.76. The fourth-order valence-electron chi connectivity index (χ4n) is 2.10. The summed E-state index contributed by atoms with van der Waals surface area (Å²) in [6.45, 7) is 0. The molecule has 3 aromatic rings. The summed E-state index contributed by atoms with van der Waals surface area (Å²) >= 11 is 21.8. The minimum Gasteiger partial charge on any atom is -0.384 e. The number of anilines is 1. The lowest BCUT2D eigenvalue weighted by molar-refractivity contribution is 0.895. The lowest BCUT2D eigenvalue weighted by Crippen LogP contribution is -2.03. The predicted octanol–water partition coefficient (Wildman–Crippen LogP) is 5.84. The zero-order valence-corrected chi connectivity index (χ0v) is 14.9. The van der Waals surface area contributed by atoms with Crippen LogP contribution in [-0.4, -0.2) is 9.78 Å². The fourth-order valence-corrected chi connectivity index (χ4v) is 3.48. The maximum Gasteiger partial charge on any atom is 0.127 e. The van der Waals surface area contributed by atoms with E-state index in [1.165, 1.54) is 4.68 Å². The summed E-state index contributed by atoms with van der Waals surface area (Å²) < 4.78 is 2.47. The Balaban J connectivity index is 2.15. The highest BCUT2D eigenvalue weighted by molar-refractivity contribution is 9.10. The molecular formula is C15H9BrCl3N3. The minimum atomic E-state index is 0.382. The Bertz CT molecular complexity index is 838. The average Bonchev–Trinajstić information content (AvgIpc) is 2.80. The number of hydrogen-bond acceptors (Lipinski definition) is 2. The lowest BCUT2D eigenvalue weighted by Gasteiger charge is -2.09. The van der Waals surface area contributed by atoms with Gasteiger partial charge in [0.25, 0.3) is 0 Å². The van der Waals surface area contributed by atoms with Crippen molar-refractivity contribution in [2.45, 2.75) is 0 Å². The second-order valence-electron chi connectivity index (χ2n) is 4.59. The normalized spacial score (nSPS) is 10.9. The van der Waals surface area contributed by atoms with Crippen LogP contribution in [0, 0.1) is 0 Å². The van der Waals surface area contributed by atoms with E-state index in [-0.39, 0.29) is 0 Å². The first-order chi connectivity index (χ1) is 10.5. The number of aromatic nitrogens is 2. The summed E-state index contributed by atoms with van der Waals surface area (Å²) in [5.41, 5.74) is 8.22. The monoisotopic (exact) mass is 415 g/mol. The molecular weight excluding hydrogens is 408 g/mol. The van der Waals surface area contributed by atoms with Crippen LogP contribution in [0.3, 0.4) is 0 Å². The van der Waals surface area contributed by atoms with Crippen LogP contribution in [0.25, 0.3) is 16.9 Å². The molecule has 0 aliphatic rings. The molecule has 0 radical (unpaired) electrons. The second kappa shape index (κ2) is 6.13. The van der Waals surface area contributed by atoms with Crippen molar-refractivity contribution in [3.8, 4) is 16.9 Å². The molecule has 2 N–H and O–H groups in total. The van der Waals surface area contributed by atoms with Gasteiger partial charge in [0.1, 0.15) is 11.5 Å². The van der Waals surface area contributed by atoms with Crippen molar-refractivity contribution < 1.29 is 0 Å². The summed E-state index contributed by atoms with van der Waals surface area (Å²) in [7, 11) is 0. The summed E-state index contributed by atoms with van der Waals surface area (Å²) in [5, 5.41) is 5.72. The molecule has 3 rings (SSSR count). The van der Waals surface area contributed by atoms with Crippen LogP contribution in [0.1, 0.15) is 0 Å². The van der Waals surface area contributed by atoms with Crippen molar-refractivity contribution in [3.63, 3.8) is 0 Å². The third-order valence-corrected chi connectivity index (χ3v) is 4.34. The van der Waals surface area contributed by atoms with Gasteiger partial charge in [-0.25, -0.2) is 4.68 Å². The van der Waals surface area contributed by atoms with Gasteiger partial charge in [0.2, 0.25) is 0 Å². The first-order valence-corrected chi connectivity index (χ1v) is 8.15. The molecule has 0 fully saturated rings. The van der Waals surface area contributed by atoms with E-state index in [1.807, 2.05) is 24.3 Å². The molecule has 0 spiro atoms. The highest BCUT2D eigenvalue weighted by Crippen LogP contribution is 2.34. The Hall–Kier alpha value is -1.20. The molecule has 0 aliphatic heterocycles. The van der Waals surface area contributed by atoms with Gasteiger partial charge in [0.05, 0.1) is 15.7 Å². The zero-order valence-electron chi connectivity index (χ0n) is 11.0. The number of benzene rings is 2. The van der Waals surface area contributed by atoms with Crippen molar-refractivity contribution in [2.75, 3.05) is 5.73 Å². The van der Waals surface area contributed by atoms with Gasteiger partial charge in [0, 0.05) is 21.1 Å². The summed E-state index contributed by atoms with van der Waals surface area (Å²) in [5.74, 6) is 0.432. The molecule has 0 bridgehead atoms. The van der Waals surface area contributed by atoms with E-state index in [1.54, 1.807) is 18.2 Å². The highest BCUT2D eigenvalue weighted by atomic mass is 79.9. The molecule has 0 atom stereocenters. The average molecular weight is 418 g/mol. The van der Waals surface area contributed by atoms with E-state index >= 15 is 0 Å². The van der Waals surface area contributed by atoms with Crippen molar-refractivity contribution in [1.82, 2.24) is 9.78 Å². The van der Waals surface area contributed by atoms with Crippen molar-refractivity contribution in [1.29, 1.82) is 0 Å². The Kier molecular flexibility index (Phi) is 4.37. The fraction of sp³-hybridized carbons (Fsp3) is 0. The molecule has 7 heteroatoms. The van der Waals surface area contributed by atoms with E-state index in [4.69, 9.17) is 40.5 Å². The Labute approximate surface area is 150 Å². The number of rotatable bonds is 2.